The summed E-state index contributed by atoms with van der Waals surface area (Å²) in [6.07, 6.45) is 3.47. The van der Waals surface area contributed by atoms with E-state index in [1.807, 2.05) is 0 Å². The van der Waals surface area contributed by atoms with Gasteiger partial charge in [0.05, 0.1) is 30.0 Å². The number of nitrogens with two attached hydrogens (primary N) is 1. The van der Waals surface area contributed by atoms with Crippen LogP contribution < -0.4 is 25.8 Å². The molecule has 1 aliphatic carbocycles. The van der Waals surface area contributed by atoms with Crippen molar-refractivity contribution in [3.8, 4) is 17.2 Å². The summed E-state index contributed by atoms with van der Waals surface area (Å²) in [6, 6.07) is 4.56. The zero-order valence-corrected chi connectivity index (χ0v) is 19.5. The second-order valence-electron chi connectivity index (χ2n) is 8.48. The molecule has 2 aromatic carbocycles. The van der Waals surface area contributed by atoms with Gasteiger partial charge in [0.25, 0.3) is 5.91 Å². The number of hydrogen-bond donors (Lipinski definition) is 3. The van der Waals surface area contributed by atoms with Crippen LogP contribution >= 0.6 is 11.6 Å². The van der Waals surface area contributed by atoms with Crippen molar-refractivity contribution in [1.82, 2.24) is 10.3 Å². The smallest absolute Gasteiger partial charge is 0.319 e. The maximum absolute atomic E-state index is 15.0. The van der Waals surface area contributed by atoms with Crippen LogP contribution in [0, 0.1) is 11.6 Å². The number of pyridine rings is 1. The zero-order valence-electron chi connectivity index (χ0n) is 18.8. The van der Waals surface area contributed by atoms with Crippen LogP contribution in [0.25, 0.3) is 10.9 Å². The molecule has 36 heavy (non-hydrogen) atoms. The van der Waals surface area contributed by atoms with E-state index < -0.39 is 34.3 Å². The summed E-state index contributed by atoms with van der Waals surface area (Å²) in [7, 11) is 0. The number of rotatable bonds is 7. The molecule has 1 saturated heterocycles. The number of nitrogens with one attached hydrogen (secondary N) is 2. The quantitative estimate of drug-likeness (QED) is 0.395. The Morgan fingerprint density at radius 1 is 1.17 bits per heavy atom. The van der Waals surface area contributed by atoms with Crippen LogP contribution in [0.3, 0.4) is 0 Å². The van der Waals surface area contributed by atoms with Gasteiger partial charge in [-0.05, 0) is 25.0 Å². The first-order valence-corrected chi connectivity index (χ1v) is 11.6. The normalized spacial score (nSPS) is 17.1. The summed E-state index contributed by atoms with van der Waals surface area (Å²) in [6.45, 7) is 0.915. The van der Waals surface area contributed by atoms with Crippen molar-refractivity contribution in [2.45, 2.75) is 31.4 Å². The second-order valence-corrected chi connectivity index (χ2v) is 8.86. The highest BCUT2D eigenvalue weighted by Gasteiger charge is 2.26. The highest BCUT2D eigenvalue weighted by molar-refractivity contribution is 6.34. The fraction of sp³-hybridized carbons (Fsp3) is 0.292. The van der Waals surface area contributed by atoms with Gasteiger partial charge in [-0.1, -0.05) is 11.6 Å². The third kappa shape index (κ3) is 4.98. The van der Waals surface area contributed by atoms with Crippen molar-refractivity contribution in [2.75, 3.05) is 18.5 Å². The number of urea groups is 1. The number of fused-ring (bicyclic) bond motifs is 1. The number of halogens is 3. The maximum atomic E-state index is 15.0. The summed E-state index contributed by atoms with van der Waals surface area (Å²) in [4.78, 5) is 28.3. The fourth-order valence-corrected chi connectivity index (χ4v) is 3.94. The standard InChI is InChI=1S/C24H21ClF2N4O5/c25-20-17(31-24(33)30-11-1-2-11)8-15(26)22(21(20)27)36-18-3-5-29-16-9-19(35-12-4-6-34-10-12)14(23(28)32)7-13(16)18/h3,5,7-9,11-12H,1-2,4,6,10H2,(H2,28,32)(H2,30,31,33)/t12-/m1/s1. The Morgan fingerprint density at radius 2 is 1.97 bits per heavy atom. The summed E-state index contributed by atoms with van der Waals surface area (Å²) in [5.74, 6) is -3.64. The van der Waals surface area contributed by atoms with Crippen LogP contribution in [0.1, 0.15) is 29.6 Å². The van der Waals surface area contributed by atoms with Crippen LogP contribution in [-0.4, -0.2) is 42.3 Å². The van der Waals surface area contributed by atoms with E-state index in [1.54, 1.807) is 0 Å². The number of aromatic nitrogens is 1. The SMILES string of the molecule is NC(=O)c1cc2c(Oc3c(F)cc(NC(=O)NC4CC4)c(Cl)c3F)ccnc2cc1O[C@@H]1CCOC1. The number of benzene rings is 2. The maximum Gasteiger partial charge on any atom is 0.319 e. The van der Waals surface area contributed by atoms with E-state index in [0.717, 1.165) is 18.9 Å². The molecule has 3 amide bonds. The van der Waals surface area contributed by atoms with Gasteiger partial charge in [0, 0.05) is 36.2 Å². The molecule has 1 aromatic heterocycles. The number of amides is 3. The first kappa shape index (κ1) is 24.0. The summed E-state index contributed by atoms with van der Waals surface area (Å²) in [5.41, 5.74) is 5.70. The third-order valence-corrected chi connectivity index (χ3v) is 6.11. The van der Waals surface area contributed by atoms with Crippen molar-refractivity contribution >= 4 is 40.1 Å². The van der Waals surface area contributed by atoms with Gasteiger partial charge in [-0.15, -0.1) is 0 Å². The molecule has 4 N–H and O–H groups in total. The first-order chi connectivity index (χ1) is 17.3. The predicted octanol–water partition coefficient (Wildman–Crippen LogP) is 4.51. The van der Waals surface area contributed by atoms with E-state index in [9.17, 15) is 14.0 Å². The van der Waals surface area contributed by atoms with Gasteiger partial charge >= 0.3 is 6.03 Å². The lowest BCUT2D eigenvalue weighted by atomic mass is 10.1. The van der Waals surface area contributed by atoms with Crippen LogP contribution in [0.15, 0.2) is 30.5 Å². The minimum Gasteiger partial charge on any atom is -0.487 e. The summed E-state index contributed by atoms with van der Waals surface area (Å²) in [5, 5.41) is 4.72. The van der Waals surface area contributed by atoms with E-state index >= 15 is 4.39 Å². The molecule has 2 heterocycles. The van der Waals surface area contributed by atoms with E-state index in [-0.39, 0.29) is 40.3 Å². The van der Waals surface area contributed by atoms with Crippen LogP contribution in [0.5, 0.6) is 17.2 Å². The molecule has 12 heteroatoms. The van der Waals surface area contributed by atoms with Gasteiger partial charge in [0.1, 0.15) is 22.6 Å². The summed E-state index contributed by atoms with van der Waals surface area (Å²) >= 11 is 6.06. The topological polar surface area (TPSA) is 125 Å². The monoisotopic (exact) mass is 518 g/mol. The molecule has 0 bridgehead atoms. The van der Waals surface area contributed by atoms with E-state index in [0.29, 0.717) is 25.2 Å². The molecule has 2 fully saturated rings. The van der Waals surface area contributed by atoms with Crippen LogP contribution in [-0.2, 0) is 4.74 Å². The molecule has 188 valence electrons. The average molecular weight is 519 g/mol. The van der Waals surface area contributed by atoms with Crippen LogP contribution in [0.4, 0.5) is 19.3 Å². The van der Waals surface area contributed by atoms with Crippen molar-refractivity contribution in [3.05, 3.63) is 52.7 Å². The van der Waals surface area contributed by atoms with Crippen LogP contribution in [0.2, 0.25) is 5.02 Å². The van der Waals surface area contributed by atoms with Crippen molar-refractivity contribution in [2.24, 2.45) is 5.73 Å². The Morgan fingerprint density at radius 3 is 2.67 bits per heavy atom. The Kier molecular flexibility index (Phi) is 6.50. The van der Waals surface area contributed by atoms with Gasteiger partial charge in [-0.2, -0.15) is 0 Å². The minimum atomic E-state index is -1.21. The number of anilines is 1. The molecule has 2 aliphatic rings. The first-order valence-electron chi connectivity index (χ1n) is 11.2. The largest absolute Gasteiger partial charge is 0.487 e. The Balaban J connectivity index is 1.47. The molecule has 1 aliphatic heterocycles. The minimum absolute atomic E-state index is 0.000646. The molecule has 1 saturated carbocycles. The number of nitrogens with zero attached hydrogens (tertiary/aromatic N) is 1. The molecule has 5 rings (SSSR count). The summed E-state index contributed by atoms with van der Waals surface area (Å²) < 4.78 is 46.7. The molecule has 0 unspecified atom stereocenters. The molecule has 0 spiro atoms. The van der Waals surface area contributed by atoms with Crippen molar-refractivity contribution < 1.29 is 32.6 Å². The molecular formula is C24H21ClF2N4O5. The Labute approximate surface area is 208 Å². The molecule has 9 nitrogen and oxygen atoms in total. The van der Waals surface area contributed by atoms with Gasteiger partial charge < -0.3 is 30.6 Å². The fourth-order valence-electron chi connectivity index (χ4n) is 3.76. The molecule has 1 atom stereocenters. The lowest BCUT2D eigenvalue weighted by molar-refractivity contribution is 0.0989. The zero-order chi connectivity index (χ0) is 25.4. The average Bonchev–Trinajstić information content (AvgIpc) is 3.50. The molecule has 0 radical (unpaired) electrons. The number of ether oxygens (including phenoxy) is 3. The van der Waals surface area contributed by atoms with E-state index in [1.165, 1.54) is 24.4 Å². The lowest BCUT2D eigenvalue weighted by Gasteiger charge is -2.17. The van der Waals surface area contributed by atoms with E-state index in [4.69, 9.17) is 31.5 Å². The lowest BCUT2D eigenvalue weighted by Crippen LogP contribution is -2.30. The number of hydrogen-bond acceptors (Lipinski definition) is 6. The van der Waals surface area contributed by atoms with Gasteiger partial charge in [0.2, 0.25) is 0 Å². The number of carbonyl (C=O) groups excluding carboxylic acids is 2. The highest BCUT2D eigenvalue weighted by Crippen LogP contribution is 2.39. The van der Waals surface area contributed by atoms with Gasteiger partial charge in [-0.3, -0.25) is 9.78 Å². The molecular weight excluding hydrogens is 498 g/mol. The van der Waals surface area contributed by atoms with Crippen molar-refractivity contribution in [3.63, 3.8) is 0 Å². The second kappa shape index (κ2) is 9.75. The number of carbonyl (C=O) groups is 2. The van der Waals surface area contributed by atoms with E-state index in [2.05, 4.69) is 15.6 Å². The highest BCUT2D eigenvalue weighted by atomic mass is 35.5. The van der Waals surface area contributed by atoms with Gasteiger partial charge in [0.15, 0.2) is 17.4 Å². The third-order valence-electron chi connectivity index (χ3n) is 5.74. The Hall–Kier alpha value is -3.70. The van der Waals surface area contributed by atoms with Crippen molar-refractivity contribution in [1.29, 1.82) is 0 Å². The Bertz CT molecular complexity index is 1360. The van der Waals surface area contributed by atoms with Gasteiger partial charge in [-0.25, -0.2) is 13.6 Å². The molecule has 3 aromatic rings. The number of primary amides is 1. The predicted molar refractivity (Wildman–Crippen MR) is 127 cm³/mol.